The summed E-state index contributed by atoms with van der Waals surface area (Å²) in [5.74, 6) is -2.26. The Morgan fingerprint density at radius 2 is 2.00 bits per heavy atom. The highest BCUT2D eigenvalue weighted by Crippen LogP contribution is 1.89. The van der Waals surface area contributed by atoms with Crippen LogP contribution in [0.1, 0.15) is 0 Å². The van der Waals surface area contributed by atoms with E-state index in [0.717, 1.165) is 6.26 Å². The largest absolute Gasteiger partial charge is 0.479 e. The Morgan fingerprint density at radius 3 is 2.10 bits per heavy atom. The Hall–Kier alpha value is -0.620. The van der Waals surface area contributed by atoms with Gasteiger partial charge in [0.15, 0.2) is 15.9 Å². The molecular weight excluding hydrogens is 160 g/mol. The Morgan fingerprint density at radius 1 is 1.60 bits per heavy atom. The molecule has 10 heavy (non-hydrogen) atoms. The number of aliphatic hydroxyl groups excluding tert-OH is 1. The number of aliphatic hydroxyl groups is 1. The van der Waals surface area contributed by atoms with Crippen LogP contribution in [0, 0.1) is 0 Å². The average Bonchev–Trinajstić information content (AvgIpc) is 1.60. The zero-order chi connectivity index (χ0) is 8.36. The molecule has 0 heterocycles. The van der Waals surface area contributed by atoms with Crippen molar-refractivity contribution in [3.05, 3.63) is 0 Å². The molecule has 0 aliphatic heterocycles. The third-order valence-electron chi connectivity index (χ3n) is 0.746. The van der Waals surface area contributed by atoms with Gasteiger partial charge in [-0.2, -0.15) is 0 Å². The van der Waals surface area contributed by atoms with Crippen LogP contribution in [0.25, 0.3) is 0 Å². The fourth-order valence-corrected chi connectivity index (χ4v) is 1.07. The van der Waals surface area contributed by atoms with Crippen molar-refractivity contribution >= 4 is 15.8 Å². The monoisotopic (exact) mass is 168 g/mol. The third-order valence-corrected chi connectivity index (χ3v) is 1.67. The number of carboxylic acids is 1. The number of rotatable bonds is 3. The second-order valence-corrected chi connectivity index (χ2v) is 4.13. The summed E-state index contributed by atoms with van der Waals surface area (Å²) in [5, 5.41) is 16.5. The van der Waals surface area contributed by atoms with Crippen LogP contribution in [0.3, 0.4) is 0 Å². The van der Waals surface area contributed by atoms with Gasteiger partial charge in [-0.1, -0.05) is 0 Å². The van der Waals surface area contributed by atoms with E-state index < -0.39 is 27.7 Å². The Kier molecular flexibility index (Phi) is 2.79. The molecule has 0 rings (SSSR count). The molecule has 0 radical (unpaired) electrons. The van der Waals surface area contributed by atoms with Gasteiger partial charge in [0.25, 0.3) is 0 Å². The number of aliphatic carboxylic acids is 1. The molecule has 0 spiro atoms. The first-order chi connectivity index (χ1) is 4.33. The first kappa shape index (κ1) is 9.38. The maximum Gasteiger partial charge on any atom is 0.333 e. The van der Waals surface area contributed by atoms with Gasteiger partial charge in [0.2, 0.25) is 0 Å². The Balaban J connectivity index is 4.06. The summed E-state index contributed by atoms with van der Waals surface area (Å²) in [6.45, 7) is 0. The van der Waals surface area contributed by atoms with Gasteiger partial charge in [0.1, 0.15) is 0 Å². The van der Waals surface area contributed by atoms with Crippen molar-refractivity contribution in [2.45, 2.75) is 6.10 Å². The van der Waals surface area contributed by atoms with Crippen LogP contribution >= 0.6 is 0 Å². The lowest BCUT2D eigenvalue weighted by atomic mass is 10.4. The molecule has 6 heteroatoms. The number of sulfone groups is 1. The van der Waals surface area contributed by atoms with Crippen molar-refractivity contribution in [2.75, 3.05) is 12.0 Å². The average molecular weight is 168 g/mol. The molecule has 0 saturated carbocycles. The van der Waals surface area contributed by atoms with Crippen LogP contribution in [0.15, 0.2) is 0 Å². The molecule has 0 aromatic rings. The summed E-state index contributed by atoms with van der Waals surface area (Å²) in [4.78, 5) is 9.86. The zero-order valence-electron chi connectivity index (χ0n) is 5.31. The molecule has 0 aliphatic rings. The second kappa shape index (κ2) is 2.98. The highest BCUT2D eigenvalue weighted by Gasteiger charge is 2.18. The predicted octanol–water partition coefficient (Wildman–Crippen LogP) is -1.52. The van der Waals surface area contributed by atoms with Crippen LogP contribution < -0.4 is 0 Å². The van der Waals surface area contributed by atoms with Crippen molar-refractivity contribution in [1.82, 2.24) is 0 Å². The van der Waals surface area contributed by atoms with Crippen molar-refractivity contribution in [2.24, 2.45) is 0 Å². The number of carboxylic acid groups (broad SMARTS) is 1. The lowest BCUT2D eigenvalue weighted by Gasteiger charge is -2.01. The quantitative estimate of drug-likeness (QED) is 0.533. The fraction of sp³-hybridized carbons (Fsp3) is 0.750. The van der Waals surface area contributed by atoms with Crippen molar-refractivity contribution < 1.29 is 23.4 Å². The molecule has 1 atom stereocenters. The smallest absolute Gasteiger partial charge is 0.333 e. The van der Waals surface area contributed by atoms with E-state index in [1.165, 1.54) is 0 Å². The number of hydrogen-bond acceptors (Lipinski definition) is 4. The minimum atomic E-state index is -3.40. The van der Waals surface area contributed by atoms with E-state index in [2.05, 4.69) is 0 Å². The molecule has 0 aromatic heterocycles. The van der Waals surface area contributed by atoms with Crippen molar-refractivity contribution in [3.8, 4) is 0 Å². The molecular formula is C4H8O5S. The van der Waals surface area contributed by atoms with Crippen LogP contribution in [0.5, 0.6) is 0 Å². The highest BCUT2D eigenvalue weighted by molar-refractivity contribution is 7.90. The standard InChI is InChI=1S/C4H8O5S/c1-10(8,9)2-3(5)4(6)7/h3,5H,2H2,1H3,(H,6,7)/t3-/m1/s1. The van der Waals surface area contributed by atoms with Gasteiger partial charge in [-0.25, -0.2) is 13.2 Å². The van der Waals surface area contributed by atoms with Gasteiger partial charge in [-0.05, 0) is 0 Å². The van der Waals surface area contributed by atoms with Gasteiger partial charge in [0, 0.05) is 6.26 Å². The first-order valence-corrected chi connectivity index (χ1v) is 4.47. The van der Waals surface area contributed by atoms with E-state index in [9.17, 15) is 13.2 Å². The molecule has 2 N–H and O–H groups in total. The molecule has 0 saturated heterocycles. The molecule has 0 unspecified atom stereocenters. The van der Waals surface area contributed by atoms with Crippen LogP contribution in [-0.4, -0.2) is 42.7 Å². The van der Waals surface area contributed by atoms with Crippen LogP contribution in [0.2, 0.25) is 0 Å². The Labute approximate surface area is 58.2 Å². The van der Waals surface area contributed by atoms with Gasteiger partial charge in [0.05, 0.1) is 5.75 Å². The van der Waals surface area contributed by atoms with E-state index >= 15 is 0 Å². The molecule has 0 bridgehead atoms. The van der Waals surface area contributed by atoms with Crippen LogP contribution in [0.4, 0.5) is 0 Å². The van der Waals surface area contributed by atoms with E-state index in [0.29, 0.717) is 0 Å². The van der Waals surface area contributed by atoms with Crippen molar-refractivity contribution in [1.29, 1.82) is 0 Å². The SMILES string of the molecule is CS(=O)(=O)C[C@@H](O)C(=O)O. The first-order valence-electron chi connectivity index (χ1n) is 2.41. The van der Waals surface area contributed by atoms with Crippen molar-refractivity contribution in [3.63, 3.8) is 0 Å². The van der Waals surface area contributed by atoms with Gasteiger partial charge in [-0.3, -0.25) is 0 Å². The van der Waals surface area contributed by atoms with E-state index in [1.807, 2.05) is 0 Å². The number of carbonyl (C=O) groups is 1. The topological polar surface area (TPSA) is 91.7 Å². The van der Waals surface area contributed by atoms with Gasteiger partial charge >= 0.3 is 5.97 Å². The lowest BCUT2D eigenvalue weighted by Crippen LogP contribution is -2.28. The second-order valence-electron chi connectivity index (χ2n) is 1.95. The van der Waals surface area contributed by atoms with Crippen LogP contribution in [-0.2, 0) is 14.6 Å². The van der Waals surface area contributed by atoms with E-state index in [4.69, 9.17) is 10.2 Å². The summed E-state index contributed by atoms with van der Waals surface area (Å²) in [6.07, 6.45) is -0.950. The molecule has 0 fully saturated rings. The molecule has 60 valence electrons. The third kappa shape index (κ3) is 4.28. The molecule has 5 nitrogen and oxygen atoms in total. The van der Waals surface area contributed by atoms with E-state index in [1.54, 1.807) is 0 Å². The summed E-state index contributed by atoms with van der Waals surface area (Å²) in [7, 11) is -3.40. The lowest BCUT2D eigenvalue weighted by molar-refractivity contribution is -0.145. The number of hydrogen-bond donors (Lipinski definition) is 2. The normalized spacial score (nSPS) is 14.6. The minimum absolute atomic E-state index is 0.734. The summed E-state index contributed by atoms with van der Waals surface area (Å²) >= 11 is 0. The summed E-state index contributed by atoms with van der Waals surface area (Å²) < 4.78 is 20.6. The zero-order valence-corrected chi connectivity index (χ0v) is 6.13. The minimum Gasteiger partial charge on any atom is -0.479 e. The molecule has 0 amide bonds. The van der Waals surface area contributed by atoms with Gasteiger partial charge in [-0.15, -0.1) is 0 Å². The molecule has 0 aromatic carbocycles. The molecule has 0 aliphatic carbocycles. The summed E-state index contributed by atoms with van der Waals surface area (Å²) in [5.41, 5.74) is 0. The summed E-state index contributed by atoms with van der Waals surface area (Å²) in [6, 6.07) is 0. The fourth-order valence-electron chi connectivity index (χ4n) is 0.358. The van der Waals surface area contributed by atoms with Gasteiger partial charge < -0.3 is 10.2 Å². The predicted molar refractivity (Wildman–Crippen MR) is 33.4 cm³/mol. The van der Waals surface area contributed by atoms with E-state index in [-0.39, 0.29) is 0 Å². The maximum atomic E-state index is 10.3. The maximum absolute atomic E-state index is 10.3. The highest BCUT2D eigenvalue weighted by atomic mass is 32.2. The Bertz CT molecular complexity index is 216.